The number of fused-ring (bicyclic) bond motifs is 1. The molecule has 6 nitrogen and oxygen atoms in total. The van der Waals surface area contributed by atoms with Crippen molar-refractivity contribution in [2.24, 2.45) is 0 Å². The average molecular weight is 476 g/mol. The van der Waals surface area contributed by atoms with Crippen LogP contribution in [0.5, 0.6) is 5.75 Å². The number of H-pyrrole nitrogens is 1. The maximum atomic E-state index is 12.7. The van der Waals surface area contributed by atoms with E-state index in [4.69, 9.17) is 4.98 Å². The molecule has 0 radical (unpaired) electrons. The van der Waals surface area contributed by atoms with Crippen LogP contribution in [0.25, 0.3) is 33.3 Å². The van der Waals surface area contributed by atoms with Gasteiger partial charge in [-0.05, 0) is 47.5 Å². The van der Waals surface area contributed by atoms with Crippen LogP contribution >= 0.6 is 0 Å². The summed E-state index contributed by atoms with van der Waals surface area (Å²) in [6.45, 7) is 2.24. The Hall–Kier alpha value is -4.71. The Morgan fingerprint density at radius 3 is 2.33 bits per heavy atom. The lowest BCUT2D eigenvalue weighted by molar-refractivity contribution is -0.118. The SMILES string of the molecule is CCC(=O)N(Cc1ccc(-c2nc3cc[nH]c(=O)c3cc2-c2ccccc2)cc1)c1ccc(O)cc1. The number of amides is 1. The first kappa shape index (κ1) is 23.1. The molecule has 36 heavy (non-hydrogen) atoms. The Bertz CT molecular complexity index is 1580. The number of aromatic hydroxyl groups is 1. The highest BCUT2D eigenvalue weighted by atomic mass is 16.3. The molecule has 2 heterocycles. The van der Waals surface area contributed by atoms with Crippen molar-refractivity contribution >= 4 is 22.5 Å². The molecule has 0 aliphatic carbocycles. The molecular weight excluding hydrogens is 450 g/mol. The lowest BCUT2D eigenvalue weighted by Crippen LogP contribution is -2.29. The van der Waals surface area contributed by atoms with Gasteiger partial charge < -0.3 is 15.0 Å². The molecule has 0 aliphatic rings. The van der Waals surface area contributed by atoms with Crippen molar-refractivity contribution in [1.82, 2.24) is 9.97 Å². The molecule has 0 fully saturated rings. The second-order valence-electron chi connectivity index (χ2n) is 8.54. The third kappa shape index (κ3) is 4.61. The van der Waals surface area contributed by atoms with E-state index in [1.165, 1.54) is 0 Å². The Labute approximate surface area is 208 Å². The van der Waals surface area contributed by atoms with E-state index in [1.807, 2.05) is 67.6 Å². The maximum Gasteiger partial charge on any atom is 0.257 e. The van der Waals surface area contributed by atoms with Crippen LogP contribution in [-0.2, 0) is 11.3 Å². The number of aromatic amines is 1. The Morgan fingerprint density at radius 1 is 0.917 bits per heavy atom. The number of rotatable bonds is 6. The highest BCUT2D eigenvalue weighted by molar-refractivity contribution is 5.93. The van der Waals surface area contributed by atoms with Crippen LogP contribution in [0.15, 0.2) is 102 Å². The molecule has 6 heteroatoms. The number of carbonyl (C=O) groups excluding carboxylic acids is 1. The van der Waals surface area contributed by atoms with Gasteiger partial charge in [0.05, 0.1) is 23.1 Å². The van der Waals surface area contributed by atoms with Gasteiger partial charge in [0.25, 0.3) is 5.56 Å². The monoisotopic (exact) mass is 475 g/mol. The van der Waals surface area contributed by atoms with Gasteiger partial charge in [-0.3, -0.25) is 9.59 Å². The third-order valence-electron chi connectivity index (χ3n) is 6.17. The van der Waals surface area contributed by atoms with E-state index in [9.17, 15) is 14.7 Å². The number of aromatic nitrogens is 2. The zero-order valence-electron chi connectivity index (χ0n) is 19.8. The fourth-order valence-corrected chi connectivity index (χ4v) is 4.27. The quantitative estimate of drug-likeness (QED) is 0.320. The summed E-state index contributed by atoms with van der Waals surface area (Å²) in [4.78, 5) is 34.4. The Kier molecular flexibility index (Phi) is 6.33. The van der Waals surface area contributed by atoms with Crippen molar-refractivity contribution in [2.45, 2.75) is 19.9 Å². The van der Waals surface area contributed by atoms with Crippen LogP contribution in [-0.4, -0.2) is 21.0 Å². The maximum absolute atomic E-state index is 12.7. The van der Waals surface area contributed by atoms with Crippen molar-refractivity contribution < 1.29 is 9.90 Å². The molecule has 0 bridgehead atoms. The number of nitrogens with zero attached hydrogens (tertiary/aromatic N) is 2. The van der Waals surface area contributed by atoms with Crippen LogP contribution < -0.4 is 10.5 Å². The molecule has 0 atom stereocenters. The zero-order chi connectivity index (χ0) is 25.1. The van der Waals surface area contributed by atoms with Crippen molar-refractivity contribution in [3.8, 4) is 28.1 Å². The first-order valence-electron chi connectivity index (χ1n) is 11.8. The highest BCUT2D eigenvalue weighted by Gasteiger charge is 2.16. The van der Waals surface area contributed by atoms with E-state index in [0.717, 1.165) is 33.6 Å². The molecule has 0 spiro atoms. The van der Waals surface area contributed by atoms with Crippen LogP contribution in [0.3, 0.4) is 0 Å². The van der Waals surface area contributed by atoms with Gasteiger partial charge in [-0.25, -0.2) is 4.98 Å². The zero-order valence-corrected chi connectivity index (χ0v) is 19.8. The molecule has 1 amide bonds. The summed E-state index contributed by atoms with van der Waals surface area (Å²) in [5.41, 5.74) is 5.70. The van der Waals surface area contributed by atoms with Crippen LogP contribution in [0, 0.1) is 0 Å². The number of benzene rings is 3. The average Bonchev–Trinajstić information content (AvgIpc) is 2.92. The smallest absolute Gasteiger partial charge is 0.257 e. The molecular formula is C30H25N3O3. The molecule has 0 saturated carbocycles. The standard InChI is InChI=1S/C30H25N3O3/c1-2-28(35)33(23-12-14-24(34)15-13-23)19-20-8-10-22(11-9-20)29-25(21-6-4-3-5-7-21)18-26-27(32-29)16-17-31-30(26)36/h3-18,34H,2,19H2,1H3,(H,31,36). The molecule has 0 saturated heterocycles. The van der Waals surface area contributed by atoms with Crippen molar-refractivity contribution in [3.05, 3.63) is 113 Å². The first-order chi connectivity index (χ1) is 17.5. The van der Waals surface area contributed by atoms with Crippen LogP contribution in [0.1, 0.15) is 18.9 Å². The van der Waals surface area contributed by atoms with E-state index >= 15 is 0 Å². The van der Waals surface area contributed by atoms with Gasteiger partial charge in [-0.15, -0.1) is 0 Å². The molecule has 0 aliphatic heterocycles. The number of phenolic OH excluding ortho intramolecular Hbond substituents is 1. The van der Waals surface area contributed by atoms with Gasteiger partial charge in [0.2, 0.25) is 5.91 Å². The third-order valence-corrected chi connectivity index (χ3v) is 6.17. The lowest BCUT2D eigenvalue weighted by atomic mass is 9.97. The lowest BCUT2D eigenvalue weighted by Gasteiger charge is -2.23. The molecule has 0 unspecified atom stereocenters. The Balaban J connectivity index is 1.53. The fourth-order valence-electron chi connectivity index (χ4n) is 4.27. The van der Waals surface area contributed by atoms with E-state index in [-0.39, 0.29) is 17.2 Å². The van der Waals surface area contributed by atoms with Crippen LogP contribution in [0.4, 0.5) is 5.69 Å². The second kappa shape index (κ2) is 9.88. The predicted octanol–water partition coefficient (Wildman–Crippen LogP) is 5.91. The summed E-state index contributed by atoms with van der Waals surface area (Å²) in [6, 6.07) is 28.2. The number of carbonyl (C=O) groups is 1. The number of nitrogens with one attached hydrogen (secondary N) is 1. The minimum Gasteiger partial charge on any atom is -0.508 e. The largest absolute Gasteiger partial charge is 0.508 e. The minimum absolute atomic E-state index is 0.00227. The summed E-state index contributed by atoms with van der Waals surface area (Å²) in [5.74, 6) is 0.156. The van der Waals surface area contributed by atoms with Gasteiger partial charge in [0.1, 0.15) is 5.75 Å². The molecule has 5 rings (SSSR count). The normalized spacial score (nSPS) is 10.9. The van der Waals surface area contributed by atoms with Crippen molar-refractivity contribution in [1.29, 1.82) is 0 Å². The molecule has 5 aromatic rings. The Morgan fingerprint density at radius 2 is 1.64 bits per heavy atom. The fraction of sp³-hybridized carbons (Fsp3) is 0.100. The van der Waals surface area contributed by atoms with Crippen LogP contribution in [0.2, 0.25) is 0 Å². The number of phenols is 1. The van der Waals surface area contributed by atoms with Gasteiger partial charge in [-0.2, -0.15) is 0 Å². The summed E-state index contributed by atoms with van der Waals surface area (Å²) in [6.07, 6.45) is 1.98. The number of anilines is 1. The minimum atomic E-state index is -0.172. The van der Waals surface area contributed by atoms with E-state index in [2.05, 4.69) is 4.98 Å². The highest BCUT2D eigenvalue weighted by Crippen LogP contribution is 2.33. The van der Waals surface area contributed by atoms with Gasteiger partial charge >= 0.3 is 0 Å². The van der Waals surface area contributed by atoms with Gasteiger partial charge in [-0.1, -0.05) is 61.5 Å². The summed E-state index contributed by atoms with van der Waals surface area (Å²) in [7, 11) is 0. The van der Waals surface area contributed by atoms with E-state index in [0.29, 0.717) is 23.9 Å². The molecule has 3 aromatic carbocycles. The van der Waals surface area contributed by atoms with Gasteiger partial charge in [0.15, 0.2) is 0 Å². The first-order valence-corrected chi connectivity index (χ1v) is 11.8. The van der Waals surface area contributed by atoms with Crippen molar-refractivity contribution in [3.63, 3.8) is 0 Å². The topological polar surface area (TPSA) is 86.3 Å². The van der Waals surface area contributed by atoms with Gasteiger partial charge in [0, 0.05) is 29.4 Å². The molecule has 2 aromatic heterocycles. The van der Waals surface area contributed by atoms with E-state index in [1.54, 1.807) is 41.4 Å². The summed E-state index contributed by atoms with van der Waals surface area (Å²) >= 11 is 0. The van der Waals surface area contributed by atoms with Crippen molar-refractivity contribution in [2.75, 3.05) is 4.90 Å². The number of pyridine rings is 2. The number of hydrogen-bond acceptors (Lipinski definition) is 4. The summed E-state index contributed by atoms with van der Waals surface area (Å²) < 4.78 is 0. The summed E-state index contributed by atoms with van der Waals surface area (Å²) in [5, 5.41) is 10.2. The second-order valence-corrected chi connectivity index (χ2v) is 8.54. The molecule has 178 valence electrons. The predicted molar refractivity (Wildman–Crippen MR) is 143 cm³/mol. The molecule has 2 N–H and O–H groups in total. The number of hydrogen-bond donors (Lipinski definition) is 2. The van der Waals surface area contributed by atoms with E-state index < -0.39 is 0 Å².